The molecule has 11 heteroatoms. The van der Waals surface area contributed by atoms with Gasteiger partial charge in [0.25, 0.3) is 5.91 Å². The van der Waals surface area contributed by atoms with E-state index in [1.165, 1.54) is 29.2 Å². The summed E-state index contributed by atoms with van der Waals surface area (Å²) in [6.45, 7) is 1.17. The number of benzene rings is 2. The van der Waals surface area contributed by atoms with E-state index in [0.29, 0.717) is 32.5 Å². The Bertz CT molecular complexity index is 1400. The van der Waals surface area contributed by atoms with Gasteiger partial charge in [-0.3, -0.25) is 24.6 Å². The van der Waals surface area contributed by atoms with E-state index < -0.39 is 52.3 Å². The number of piperidine rings is 2. The number of amides is 3. The van der Waals surface area contributed by atoms with Gasteiger partial charge in [-0.2, -0.15) is 13.2 Å². The number of fused-ring (bicyclic) bond motifs is 1. The second-order valence-corrected chi connectivity index (χ2v) is 11.9. The molecule has 2 N–H and O–H groups in total. The Kier molecular flexibility index (Phi) is 6.73. The number of likely N-dealkylation sites (tertiary alicyclic amines) is 1. The molecular weight excluding hydrogens is 542 g/mol. The molecule has 3 amide bonds. The van der Waals surface area contributed by atoms with Crippen molar-refractivity contribution in [3.63, 3.8) is 0 Å². The van der Waals surface area contributed by atoms with Crippen LogP contribution in [-0.4, -0.2) is 51.8 Å². The number of aliphatic hydroxyl groups is 1. The zero-order chi connectivity index (χ0) is 29.2. The molecule has 0 radical (unpaired) electrons. The number of carbonyl (C=O) groups excluding carboxylic acids is 3. The van der Waals surface area contributed by atoms with Crippen molar-refractivity contribution in [1.29, 1.82) is 0 Å². The highest BCUT2D eigenvalue weighted by atomic mass is 19.4. The molecule has 6 rings (SSSR count). The first kappa shape index (κ1) is 27.8. The molecule has 4 aliphatic rings. The van der Waals surface area contributed by atoms with Crippen LogP contribution in [0.15, 0.2) is 36.4 Å². The number of hydrogen-bond acceptors (Lipinski definition) is 5. The van der Waals surface area contributed by atoms with Gasteiger partial charge < -0.3 is 10.0 Å². The van der Waals surface area contributed by atoms with Crippen LogP contribution >= 0.6 is 0 Å². The number of carbonyl (C=O) groups is 3. The average molecular weight is 574 g/mol. The second-order valence-electron chi connectivity index (χ2n) is 11.9. The number of hydrogen-bond donors (Lipinski definition) is 2. The van der Waals surface area contributed by atoms with E-state index in [-0.39, 0.29) is 42.5 Å². The minimum Gasteiger partial charge on any atom is -0.384 e. The quantitative estimate of drug-likeness (QED) is 0.422. The summed E-state index contributed by atoms with van der Waals surface area (Å²) in [6, 6.07) is 7.23. The number of nitrogens with one attached hydrogen (secondary N) is 1. The number of halogens is 4. The van der Waals surface area contributed by atoms with Crippen LogP contribution in [0, 0.1) is 11.2 Å². The molecule has 3 heterocycles. The standard InChI is InChI=1S/C30H31F4N3O4/c31-25-21-16-37(23-9-10-24(38)35-26(23)39)27(40)20(21)7-8-22(25)29(41)13-14-36(17-28(29)11-1-2-12-28)15-18-3-5-19(6-4-18)30(32,33)34/h3-8,23,41H,1-2,9-17H2,(H,35,38,39)/t23?,29-/m1/s1. The van der Waals surface area contributed by atoms with E-state index in [1.54, 1.807) is 0 Å². The van der Waals surface area contributed by atoms with Gasteiger partial charge in [0.15, 0.2) is 0 Å². The molecule has 0 aromatic heterocycles. The molecule has 2 aromatic rings. The lowest BCUT2D eigenvalue weighted by molar-refractivity contribution is -0.143. The smallest absolute Gasteiger partial charge is 0.384 e. The molecular formula is C30H31F4N3O4. The fraction of sp³-hybridized carbons (Fsp3) is 0.500. The van der Waals surface area contributed by atoms with Crippen LogP contribution in [0.4, 0.5) is 17.6 Å². The van der Waals surface area contributed by atoms with E-state index in [2.05, 4.69) is 10.2 Å². The summed E-state index contributed by atoms with van der Waals surface area (Å²) < 4.78 is 55.3. The minimum atomic E-state index is -4.41. The Balaban J connectivity index is 1.25. The van der Waals surface area contributed by atoms with E-state index in [4.69, 9.17) is 0 Å². The van der Waals surface area contributed by atoms with Crippen LogP contribution in [-0.2, 0) is 34.5 Å². The summed E-state index contributed by atoms with van der Waals surface area (Å²) in [5.41, 5.74) is -1.69. The lowest BCUT2D eigenvalue weighted by atomic mass is 9.62. The molecule has 3 fully saturated rings. The largest absolute Gasteiger partial charge is 0.416 e. The number of rotatable bonds is 4. The summed E-state index contributed by atoms with van der Waals surface area (Å²) in [6.07, 6.45) is -0.840. The molecule has 1 unspecified atom stereocenters. The maximum Gasteiger partial charge on any atom is 0.416 e. The molecule has 1 saturated carbocycles. The molecule has 7 nitrogen and oxygen atoms in total. The highest BCUT2D eigenvalue weighted by Gasteiger charge is 2.57. The van der Waals surface area contributed by atoms with Crippen LogP contribution in [0.3, 0.4) is 0 Å². The van der Waals surface area contributed by atoms with Gasteiger partial charge >= 0.3 is 6.18 Å². The van der Waals surface area contributed by atoms with Crippen molar-refractivity contribution in [2.75, 3.05) is 13.1 Å². The van der Waals surface area contributed by atoms with E-state index >= 15 is 4.39 Å². The van der Waals surface area contributed by atoms with Crippen molar-refractivity contribution in [2.45, 2.75) is 75.9 Å². The number of alkyl halides is 3. The first-order chi connectivity index (χ1) is 19.4. The lowest BCUT2D eigenvalue weighted by Gasteiger charge is -2.53. The maximum absolute atomic E-state index is 16.3. The van der Waals surface area contributed by atoms with Gasteiger partial charge in [-0.05, 0) is 49.4 Å². The Hall–Kier alpha value is -3.31. The van der Waals surface area contributed by atoms with Gasteiger partial charge in [0.2, 0.25) is 11.8 Å². The molecule has 3 aliphatic heterocycles. The van der Waals surface area contributed by atoms with Crippen LogP contribution in [0.2, 0.25) is 0 Å². The summed E-state index contributed by atoms with van der Waals surface area (Å²) in [5, 5.41) is 14.5. The molecule has 41 heavy (non-hydrogen) atoms. The number of nitrogens with zero attached hydrogens (tertiary/aromatic N) is 2. The maximum atomic E-state index is 16.3. The Morgan fingerprint density at radius 1 is 1.00 bits per heavy atom. The van der Waals surface area contributed by atoms with Crippen molar-refractivity contribution in [3.8, 4) is 0 Å². The minimum absolute atomic E-state index is 0.0928. The van der Waals surface area contributed by atoms with Gasteiger partial charge in [0.05, 0.1) is 12.1 Å². The summed E-state index contributed by atoms with van der Waals surface area (Å²) in [7, 11) is 0. The normalized spacial score (nSPS) is 26.5. The van der Waals surface area contributed by atoms with Gasteiger partial charge in [-0.15, -0.1) is 0 Å². The molecule has 1 aliphatic carbocycles. The summed E-state index contributed by atoms with van der Waals surface area (Å²) in [4.78, 5) is 40.5. The monoisotopic (exact) mass is 573 g/mol. The Morgan fingerprint density at radius 2 is 1.71 bits per heavy atom. The molecule has 0 bridgehead atoms. The first-order valence-electron chi connectivity index (χ1n) is 14.0. The molecule has 2 saturated heterocycles. The second kappa shape index (κ2) is 9.90. The zero-order valence-electron chi connectivity index (χ0n) is 22.4. The summed E-state index contributed by atoms with van der Waals surface area (Å²) in [5.74, 6) is -2.10. The third kappa shape index (κ3) is 4.63. The van der Waals surface area contributed by atoms with E-state index in [0.717, 1.165) is 30.5 Å². The SMILES string of the molecule is O=C1CCC(N2Cc3c(ccc([C@]4(O)CCN(Cc5ccc(C(F)(F)F)cc5)CC45CCCC5)c3F)C2=O)C(=O)N1. The van der Waals surface area contributed by atoms with Crippen LogP contribution in [0.5, 0.6) is 0 Å². The predicted molar refractivity (Wildman–Crippen MR) is 139 cm³/mol. The summed E-state index contributed by atoms with van der Waals surface area (Å²) >= 11 is 0. The number of imide groups is 1. The molecule has 1 spiro atoms. The van der Waals surface area contributed by atoms with Gasteiger partial charge in [0.1, 0.15) is 17.5 Å². The van der Waals surface area contributed by atoms with Crippen molar-refractivity contribution < 1.29 is 37.1 Å². The fourth-order valence-electron chi connectivity index (χ4n) is 7.38. The zero-order valence-corrected chi connectivity index (χ0v) is 22.4. The first-order valence-corrected chi connectivity index (χ1v) is 14.0. The van der Waals surface area contributed by atoms with Crippen LogP contribution in [0.1, 0.15) is 77.6 Å². The topological polar surface area (TPSA) is 90.0 Å². The fourth-order valence-corrected chi connectivity index (χ4v) is 7.38. The molecule has 218 valence electrons. The van der Waals surface area contributed by atoms with Crippen LogP contribution < -0.4 is 5.32 Å². The van der Waals surface area contributed by atoms with Crippen molar-refractivity contribution in [3.05, 3.63) is 70.0 Å². The molecule has 2 atom stereocenters. The van der Waals surface area contributed by atoms with Crippen molar-refractivity contribution >= 4 is 17.7 Å². The van der Waals surface area contributed by atoms with E-state index in [1.807, 2.05) is 0 Å². The Morgan fingerprint density at radius 3 is 2.37 bits per heavy atom. The highest BCUT2D eigenvalue weighted by molar-refractivity contribution is 6.05. The van der Waals surface area contributed by atoms with Crippen molar-refractivity contribution in [2.24, 2.45) is 5.41 Å². The van der Waals surface area contributed by atoms with Gasteiger partial charge in [-0.1, -0.05) is 31.0 Å². The third-order valence-electron chi connectivity index (χ3n) is 9.54. The average Bonchev–Trinajstić information content (AvgIpc) is 3.52. The molecule has 2 aromatic carbocycles. The third-order valence-corrected chi connectivity index (χ3v) is 9.54. The van der Waals surface area contributed by atoms with Gasteiger partial charge in [0, 0.05) is 48.2 Å². The Labute approximate surface area is 234 Å². The van der Waals surface area contributed by atoms with Crippen molar-refractivity contribution in [1.82, 2.24) is 15.1 Å². The highest BCUT2D eigenvalue weighted by Crippen LogP contribution is 2.56. The lowest BCUT2D eigenvalue weighted by Crippen LogP contribution is -2.57. The van der Waals surface area contributed by atoms with E-state index in [9.17, 15) is 32.7 Å². The van der Waals surface area contributed by atoms with Gasteiger partial charge in [-0.25, -0.2) is 4.39 Å². The van der Waals surface area contributed by atoms with Crippen LogP contribution in [0.25, 0.3) is 0 Å². The predicted octanol–water partition coefficient (Wildman–Crippen LogP) is 4.26.